The van der Waals surface area contributed by atoms with Gasteiger partial charge in [-0.15, -0.1) is 11.3 Å². The number of pyridine rings is 1. The van der Waals surface area contributed by atoms with Crippen LogP contribution in [0.1, 0.15) is 30.2 Å². The molecule has 4 rings (SSSR count). The first-order valence-electron chi connectivity index (χ1n) is 8.63. The molecule has 3 aromatic heterocycles. The maximum absolute atomic E-state index is 14.0. The van der Waals surface area contributed by atoms with Crippen molar-refractivity contribution < 1.29 is 13.6 Å². The van der Waals surface area contributed by atoms with Crippen molar-refractivity contribution >= 4 is 34.0 Å². The zero-order chi connectivity index (χ0) is 19.8. The Morgan fingerprint density at radius 2 is 1.93 bits per heavy atom. The number of nitrogens with one attached hydrogen (secondary N) is 1. The summed E-state index contributed by atoms with van der Waals surface area (Å²) in [7, 11) is 0. The number of thiophene rings is 1. The van der Waals surface area contributed by atoms with Crippen LogP contribution in [0.15, 0.2) is 48.0 Å². The average Bonchev–Trinajstić information content (AvgIpc) is 3.33. The molecular formula is C20H16F2N4OS. The first-order valence-corrected chi connectivity index (χ1v) is 9.51. The lowest BCUT2D eigenvalue weighted by molar-refractivity contribution is 0.102. The minimum atomic E-state index is -0.838. The Hall–Kier alpha value is -3.13. The minimum Gasteiger partial charge on any atom is -0.317 e. The molecule has 5 nitrogen and oxygen atoms in total. The van der Waals surface area contributed by atoms with Crippen molar-refractivity contribution in [2.75, 3.05) is 5.32 Å². The van der Waals surface area contributed by atoms with Gasteiger partial charge >= 0.3 is 0 Å². The van der Waals surface area contributed by atoms with E-state index in [1.165, 1.54) is 17.4 Å². The smallest absolute Gasteiger partial charge is 0.256 e. The number of benzene rings is 1. The number of para-hydroxylation sites is 1. The highest BCUT2D eigenvalue weighted by molar-refractivity contribution is 7.13. The zero-order valence-corrected chi connectivity index (χ0v) is 15.9. The van der Waals surface area contributed by atoms with Crippen LogP contribution < -0.4 is 5.32 Å². The Morgan fingerprint density at radius 3 is 2.57 bits per heavy atom. The molecule has 4 aromatic rings. The van der Waals surface area contributed by atoms with Crippen LogP contribution in [0.2, 0.25) is 0 Å². The van der Waals surface area contributed by atoms with Crippen molar-refractivity contribution in [3.05, 3.63) is 65.2 Å². The first kappa shape index (κ1) is 18.2. The maximum Gasteiger partial charge on any atom is 0.256 e. The van der Waals surface area contributed by atoms with E-state index in [0.29, 0.717) is 16.7 Å². The summed E-state index contributed by atoms with van der Waals surface area (Å²) < 4.78 is 29.7. The van der Waals surface area contributed by atoms with Crippen LogP contribution in [0.5, 0.6) is 0 Å². The number of rotatable bonds is 4. The van der Waals surface area contributed by atoms with Gasteiger partial charge in [0.1, 0.15) is 17.3 Å². The lowest BCUT2D eigenvalue weighted by atomic mass is 10.1. The quantitative estimate of drug-likeness (QED) is 0.509. The Balaban J connectivity index is 1.86. The van der Waals surface area contributed by atoms with E-state index in [0.717, 1.165) is 17.0 Å². The molecule has 3 heterocycles. The Labute approximate surface area is 163 Å². The number of amides is 1. The van der Waals surface area contributed by atoms with Gasteiger partial charge in [-0.2, -0.15) is 5.10 Å². The molecule has 142 valence electrons. The van der Waals surface area contributed by atoms with Crippen LogP contribution in [0.4, 0.5) is 14.5 Å². The molecule has 0 aliphatic rings. The Morgan fingerprint density at radius 1 is 1.18 bits per heavy atom. The summed E-state index contributed by atoms with van der Waals surface area (Å²) in [6.07, 6.45) is 1.55. The third-order valence-electron chi connectivity index (χ3n) is 4.28. The standard InChI is InChI=1S/C20H16F2N4OS/c1-11(2)26-19-13(10-23-26)12(9-16(24-19)17-7-4-8-28-17)20(27)25-18-14(21)5-3-6-15(18)22/h3-11H,1-2H3,(H,25,27). The van der Waals surface area contributed by atoms with Gasteiger partial charge in [0.05, 0.1) is 27.7 Å². The number of halogens is 2. The molecule has 0 saturated carbocycles. The van der Waals surface area contributed by atoms with Gasteiger partial charge in [0, 0.05) is 6.04 Å². The molecule has 0 atom stereocenters. The van der Waals surface area contributed by atoms with Gasteiger partial charge in [-0.25, -0.2) is 18.4 Å². The van der Waals surface area contributed by atoms with Gasteiger partial charge in [0.2, 0.25) is 0 Å². The summed E-state index contributed by atoms with van der Waals surface area (Å²) in [5, 5.41) is 9.11. The van der Waals surface area contributed by atoms with E-state index >= 15 is 0 Å². The summed E-state index contributed by atoms with van der Waals surface area (Å²) >= 11 is 1.49. The van der Waals surface area contributed by atoms with Crippen molar-refractivity contribution in [2.24, 2.45) is 0 Å². The second kappa shape index (κ2) is 7.12. The lowest BCUT2D eigenvalue weighted by Gasteiger charge is -2.11. The first-order chi connectivity index (χ1) is 13.5. The van der Waals surface area contributed by atoms with Gasteiger partial charge in [-0.3, -0.25) is 4.79 Å². The molecule has 0 aliphatic heterocycles. The highest BCUT2D eigenvalue weighted by atomic mass is 32.1. The molecule has 8 heteroatoms. The van der Waals surface area contributed by atoms with Crippen molar-refractivity contribution in [1.29, 1.82) is 0 Å². The molecule has 1 amide bonds. The highest BCUT2D eigenvalue weighted by Gasteiger charge is 2.21. The fourth-order valence-electron chi connectivity index (χ4n) is 2.93. The zero-order valence-electron chi connectivity index (χ0n) is 15.1. The molecule has 1 aromatic carbocycles. The number of fused-ring (bicyclic) bond motifs is 1. The van der Waals surface area contributed by atoms with Gasteiger partial charge in [-0.1, -0.05) is 12.1 Å². The van der Waals surface area contributed by atoms with E-state index in [1.54, 1.807) is 16.9 Å². The third kappa shape index (κ3) is 3.16. The molecule has 28 heavy (non-hydrogen) atoms. The predicted molar refractivity (Wildman–Crippen MR) is 106 cm³/mol. The van der Waals surface area contributed by atoms with Crippen LogP contribution >= 0.6 is 11.3 Å². The van der Waals surface area contributed by atoms with E-state index < -0.39 is 23.2 Å². The third-order valence-corrected chi connectivity index (χ3v) is 5.17. The number of nitrogens with zero attached hydrogens (tertiary/aromatic N) is 3. The number of hydrogen-bond donors (Lipinski definition) is 1. The molecule has 0 aliphatic carbocycles. The predicted octanol–water partition coefficient (Wildman–Crippen LogP) is 5.27. The molecule has 0 saturated heterocycles. The number of hydrogen-bond acceptors (Lipinski definition) is 4. The van der Waals surface area contributed by atoms with Crippen molar-refractivity contribution in [1.82, 2.24) is 14.8 Å². The molecule has 0 unspecified atom stereocenters. The van der Waals surface area contributed by atoms with Crippen LogP contribution in [0.3, 0.4) is 0 Å². The van der Waals surface area contributed by atoms with Crippen LogP contribution in [0, 0.1) is 11.6 Å². The van der Waals surface area contributed by atoms with Crippen molar-refractivity contribution in [2.45, 2.75) is 19.9 Å². The molecule has 0 radical (unpaired) electrons. The SMILES string of the molecule is CC(C)n1ncc2c(C(=O)Nc3c(F)cccc3F)cc(-c3cccs3)nc21. The Bertz CT molecular complexity index is 1150. The normalized spacial score (nSPS) is 11.3. The highest BCUT2D eigenvalue weighted by Crippen LogP contribution is 2.30. The summed E-state index contributed by atoms with van der Waals surface area (Å²) in [4.78, 5) is 18.5. The second-order valence-corrected chi connectivity index (χ2v) is 7.45. The van der Waals surface area contributed by atoms with Gasteiger partial charge in [0.25, 0.3) is 5.91 Å². The van der Waals surface area contributed by atoms with Gasteiger partial charge in [-0.05, 0) is 43.5 Å². The summed E-state index contributed by atoms with van der Waals surface area (Å²) in [5.74, 6) is -2.30. The fourth-order valence-corrected chi connectivity index (χ4v) is 3.62. The van der Waals surface area contributed by atoms with E-state index in [9.17, 15) is 13.6 Å². The molecule has 0 bridgehead atoms. The molecule has 0 spiro atoms. The van der Waals surface area contributed by atoms with Crippen LogP contribution in [0.25, 0.3) is 21.6 Å². The van der Waals surface area contributed by atoms with Gasteiger partial charge in [0.15, 0.2) is 5.65 Å². The summed E-state index contributed by atoms with van der Waals surface area (Å²) in [6, 6.07) is 8.86. The van der Waals surface area contributed by atoms with Crippen LogP contribution in [-0.2, 0) is 0 Å². The number of anilines is 1. The fraction of sp³-hybridized carbons (Fsp3) is 0.150. The van der Waals surface area contributed by atoms with E-state index in [1.807, 2.05) is 31.4 Å². The summed E-state index contributed by atoms with van der Waals surface area (Å²) in [5.41, 5.74) is 0.915. The monoisotopic (exact) mass is 398 g/mol. The second-order valence-electron chi connectivity index (χ2n) is 6.50. The Kier molecular flexibility index (Phi) is 4.64. The largest absolute Gasteiger partial charge is 0.317 e. The van der Waals surface area contributed by atoms with Crippen molar-refractivity contribution in [3.63, 3.8) is 0 Å². The van der Waals surface area contributed by atoms with Gasteiger partial charge < -0.3 is 5.32 Å². The summed E-state index contributed by atoms with van der Waals surface area (Å²) in [6.45, 7) is 3.92. The molecule has 1 N–H and O–H groups in total. The van der Waals surface area contributed by atoms with E-state index in [4.69, 9.17) is 0 Å². The number of aromatic nitrogens is 3. The molecule has 0 fully saturated rings. The number of carbonyl (C=O) groups excluding carboxylic acids is 1. The van der Waals surface area contributed by atoms with E-state index in [2.05, 4.69) is 15.4 Å². The minimum absolute atomic E-state index is 0.0310. The lowest BCUT2D eigenvalue weighted by Crippen LogP contribution is -2.15. The molecular weight excluding hydrogens is 382 g/mol. The average molecular weight is 398 g/mol. The van der Waals surface area contributed by atoms with Crippen molar-refractivity contribution in [3.8, 4) is 10.6 Å². The van der Waals surface area contributed by atoms with E-state index in [-0.39, 0.29) is 11.6 Å². The number of carbonyl (C=O) groups is 1. The topological polar surface area (TPSA) is 59.8 Å². The maximum atomic E-state index is 14.0. The van der Waals surface area contributed by atoms with Crippen LogP contribution in [-0.4, -0.2) is 20.7 Å².